The van der Waals surface area contributed by atoms with Gasteiger partial charge in [-0.2, -0.15) is 0 Å². The molecule has 2 rings (SSSR count). The van der Waals surface area contributed by atoms with Crippen LogP contribution in [-0.4, -0.2) is 10.2 Å². The molecule has 2 heteroatoms. The third-order valence-corrected chi connectivity index (χ3v) is 4.17. The summed E-state index contributed by atoms with van der Waals surface area (Å²) >= 11 is 0. The van der Waals surface area contributed by atoms with Crippen molar-refractivity contribution >= 4 is 10.8 Å². The van der Waals surface area contributed by atoms with E-state index < -0.39 is 0 Å². The zero-order valence-corrected chi connectivity index (χ0v) is 11.9. The Labute approximate surface area is 114 Å². The first-order chi connectivity index (χ1) is 9.01. The van der Waals surface area contributed by atoms with Crippen LogP contribution in [0.4, 0.5) is 0 Å². The van der Waals surface area contributed by atoms with Crippen molar-refractivity contribution < 1.29 is 10.2 Å². The van der Waals surface area contributed by atoms with Gasteiger partial charge in [0.25, 0.3) is 0 Å². The van der Waals surface area contributed by atoms with Crippen LogP contribution in [0, 0.1) is 0 Å². The minimum Gasteiger partial charge on any atom is -0.508 e. The molecule has 0 aliphatic heterocycles. The van der Waals surface area contributed by atoms with Crippen molar-refractivity contribution in [3.05, 3.63) is 35.9 Å². The Kier molecular flexibility index (Phi) is 3.70. The minimum absolute atomic E-state index is 0.0634. The summed E-state index contributed by atoms with van der Waals surface area (Å²) in [5.74, 6) is 0.574. The summed E-state index contributed by atoms with van der Waals surface area (Å²) in [5, 5.41) is 22.1. The molecule has 1 atom stereocenters. The Bertz CT molecular complexity index is 584. The van der Waals surface area contributed by atoms with E-state index in [-0.39, 0.29) is 11.2 Å². The highest BCUT2D eigenvalue weighted by Crippen LogP contribution is 2.42. The number of hydrogen-bond acceptors (Lipinski definition) is 2. The Morgan fingerprint density at radius 2 is 1.74 bits per heavy atom. The van der Waals surface area contributed by atoms with Gasteiger partial charge in [-0.1, -0.05) is 39.3 Å². The first-order valence-electron chi connectivity index (χ1n) is 6.97. The molecule has 2 aromatic rings. The first-order valence-corrected chi connectivity index (χ1v) is 6.97. The Morgan fingerprint density at radius 3 is 2.37 bits per heavy atom. The normalized spacial score (nSPS) is 14.5. The highest BCUT2D eigenvalue weighted by molar-refractivity contribution is 5.89. The molecule has 0 radical (unpaired) electrons. The molecule has 2 aromatic carbocycles. The lowest BCUT2D eigenvalue weighted by molar-refractivity contribution is 0.386. The topological polar surface area (TPSA) is 40.5 Å². The molecule has 0 aromatic heterocycles. The summed E-state index contributed by atoms with van der Waals surface area (Å²) in [5.41, 5.74) is 0.900. The predicted octanol–water partition coefficient (Wildman–Crippen LogP) is 4.72. The van der Waals surface area contributed by atoms with Crippen LogP contribution in [0.15, 0.2) is 30.3 Å². The molecule has 2 nitrogen and oxygen atoms in total. The van der Waals surface area contributed by atoms with E-state index in [0.29, 0.717) is 5.75 Å². The van der Waals surface area contributed by atoms with Crippen molar-refractivity contribution in [1.29, 1.82) is 0 Å². The van der Waals surface area contributed by atoms with Gasteiger partial charge < -0.3 is 10.2 Å². The first kappa shape index (κ1) is 13.7. The van der Waals surface area contributed by atoms with E-state index in [0.717, 1.165) is 35.6 Å². The largest absolute Gasteiger partial charge is 0.508 e. The van der Waals surface area contributed by atoms with Crippen molar-refractivity contribution in [3.8, 4) is 11.5 Å². The maximum atomic E-state index is 10.3. The summed E-state index contributed by atoms with van der Waals surface area (Å²) in [6, 6.07) is 9.00. The molecule has 0 bridgehead atoms. The van der Waals surface area contributed by atoms with Gasteiger partial charge in [-0.05, 0) is 47.2 Å². The molecular weight excluding hydrogens is 236 g/mol. The lowest BCUT2D eigenvalue weighted by Crippen LogP contribution is -2.21. The van der Waals surface area contributed by atoms with Gasteiger partial charge in [0.15, 0.2) is 0 Å². The van der Waals surface area contributed by atoms with Crippen LogP contribution in [0.25, 0.3) is 10.8 Å². The molecule has 1 unspecified atom stereocenters. The number of fused-ring (bicyclic) bond motifs is 1. The lowest BCUT2D eigenvalue weighted by Gasteiger charge is -2.30. The fraction of sp³-hybridized carbons (Fsp3) is 0.412. The van der Waals surface area contributed by atoms with Crippen LogP contribution in [0.5, 0.6) is 11.5 Å². The van der Waals surface area contributed by atoms with E-state index in [2.05, 4.69) is 20.8 Å². The van der Waals surface area contributed by atoms with Gasteiger partial charge in [-0.15, -0.1) is 0 Å². The third kappa shape index (κ3) is 2.40. The van der Waals surface area contributed by atoms with Gasteiger partial charge in [0.1, 0.15) is 11.5 Å². The smallest absolute Gasteiger partial charge is 0.119 e. The van der Waals surface area contributed by atoms with Gasteiger partial charge in [0.2, 0.25) is 0 Å². The summed E-state index contributed by atoms with van der Waals surface area (Å²) in [6.07, 6.45) is 3.05. The number of phenols is 2. The second kappa shape index (κ2) is 5.12. The molecule has 102 valence electrons. The van der Waals surface area contributed by atoms with E-state index >= 15 is 0 Å². The van der Waals surface area contributed by atoms with Crippen LogP contribution in [0.3, 0.4) is 0 Å². The van der Waals surface area contributed by atoms with Crippen LogP contribution in [-0.2, 0) is 5.41 Å². The lowest BCUT2D eigenvalue weighted by atomic mass is 9.74. The molecule has 0 fully saturated rings. The van der Waals surface area contributed by atoms with Crippen LogP contribution >= 0.6 is 0 Å². The summed E-state index contributed by atoms with van der Waals surface area (Å²) in [4.78, 5) is 0. The van der Waals surface area contributed by atoms with Crippen molar-refractivity contribution in [3.63, 3.8) is 0 Å². The fourth-order valence-corrected chi connectivity index (χ4v) is 2.96. The molecule has 0 saturated carbocycles. The average Bonchev–Trinajstić information content (AvgIpc) is 2.38. The average molecular weight is 258 g/mol. The van der Waals surface area contributed by atoms with Gasteiger partial charge in [-0.25, -0.2) is 0 Å². The van der Waals surface area contributed by atoms with E-state index in [1.807, 2.05) is 12.1 Å². The maximum absolute atomic E-state index is 10.3. The molecule has 0 spiro atoms. The van der Waals surface area contributed by atoms with E-state index in [1.54, 1.807) is 18.2 Å². The molecular formula is C17H22O2. The molecule has 0 saturated heterocycles. The number of rotatable bonds is 4. The molecule has 0 amide bonds. The zero-order chi connectivity index (χ0) is 14.0. The fourth-order valence-electron chi connectivity index (χ4n) is 2.96. The summed E-state index contributed by atoms with van der Waals surface area (Å²) in [7, 11) is 0. The van der Waals surface area contributed by atoms with E-state index in [4.69, 9.17) is 0 Å². The third-order valence-electron chi connectivity index (χ3n) is 4.17. The highest BCUT2D eigenvalue weighted by Gasteiger charge is 2.28. The molecule has 0 aliphatic rings. The van der Waals surface area contributed by atoms with Gasteiger partial charge in [0, 0.05) is 5.56 Å². The van der Waals surface area contributed by atoms with Gasteiger partial charge >= 0.3 is 0 Å². The van der Waals surface area contributed by atoms with Crippen molar-refractivity contribution in [2.24, 2.45) is 0 Å². The SMILES string of the molecule is CCCC(C)(CC)c1c(O)ccc2ccc(O)cc12. The number of aromatic hydroxyl groups is 2. The quantitative estimate of drug-likeness (QED) is 0.833. The number of hydrogen-bond donors (Lipinski definition) is 2. The Morgan fingerprint density at radius 1 is 1.05 bits per heavy atom. The van der Waals surface area contributed by atoms with Crippen LogP contribution in [0.1, 0.15) is 45.6 Å². The van der Waals surface area contributed by atoms with Crippen LogP contribution < -0.4 is 0 Å². The number of benzene rings is 2. The maximum Gasteiger partial charge on any atom is 0.119 e. The predicted molar refractivity (Wildman–Crippen MR) is 79.8 cm³/mol. The van der Waals surface area contributed by atoms with Crippen molar-refractivity contribution in [2.45, 2.75) is 45.4 Å². The van der Waals surface area contributed by atoms with E-state index in [1.165, 1.54) is 0 Å². The minimum atomic E-state index is -0.0634. The zero-order valence-electron chi connectivity index (χ0n) is 11.9. The molecule has 0 heterocycles. The van der Waals surface area contributed by atoms with Gasteiger partial charge in [-0.3, -0.25) is 0 Å². The molecule has 2 N–H and O–H groups in total. The van der Waals surface area contributed by atoms with Crippen molar-refractivity contribution in [1.82, 2.24) is 0 Å². The Balaban J connectivity index is 2.76. The molecule has 0 aliphatic carbocycles. The van der Waals surface area contributed by atoms with Crippen molar-refractivity contribution in [2.75, 3.05) is 0 Å². The standard InChI is InChI=1S/C17H22O2/c1-4-10-17(3,5-2)16-14-11-13(18)8-6-12(14)7-9-15(16)19/h6-9,11,18-19H,4-5,10H2,1-3H3. The Hall–Kier alpha value is -1.70. The second-order valence-corrected chi connectivity index (χ2v) is 5.53. The number of phenolic OH excluding ortho intramolecular Hbond substituents is 2. The van der Waals surface area contributed by atoms with Gasteiger partial charge in [0.05, 0.1) is 0 Å². The highest BCUT2D eigenvalue weighted by atomic mass is 16.3. The molecule has 19 heavy (non-hydrogen) atoms. The summed E-state index contributed by atoms with van der Waals surface area (Å²) in [6.45, 7) is 6.50. The summed E-state index contributed by atoms with van der Waals surface area (Å²) < 4.78 is 0. The van der Waals surface area contributed by atoms with E-state index in [9.17, 15) is 10.2 Å². The van der Waals surface area contributed by atoms with Crippen LogP contribution in [0.2, 0.25) is 0 Å². The second-order valence-electron chi connectivity index (χ2n) is 5.53. The monoisotopic (exact) mass is 258 g/mol.